The number of hydrogen-bond acceptors (Lipinski definition) is 2. The third kappa shape index (κ3) is 9.07. The van der Waals surface area contributed by atoms with Crippen molar-refractivity contribution < 1.29 is 0 Å². The van der Waals surface area contributed by atoms with Crippen LogP contribution in [0.5, 0.6) is 0 Å². The summed E-state index contributed by atoms with van der Waals surface area (Å²) in [5, 5.41) is 4.83. The summed E-state index contributed by atoms with van der Waals surface area (Å²) in [7, 11) is 0. The lowest BCUT2D eigenvalue weighted by Gasteiger charge is -2.21. The maximum absolute atomic E-state index is 5.64. The highest BCUT2D eigenvalue weighted by atomic mass is 15.0. The van der Waals surface area contributed by atoms with Crippen molar-refractivity contribution in [1.29, 1.82) is 0 Å². The fourth-order valence-electron chi connectivity index (χ4n) is 19.0. The molecule has 3 aromatic heterocycles. The van der Waals surface area contributed by atoms with E-state index in [1.807, 2.05) is 0 Å². The third-order valence-electron chi connectivity index (χ3n) is 24.3. The summed E-state index contributed by atoms with van der Waals surface area (Å²) in [5.74, 6) is 0.718. The molecule has 4 aliphatic rings. The monoisotopic (exact) mass is 1350 g/mol. The molecule has 0 spiro atoms. The Hall–Kier alpha value is -13.0. The molecule has 0 fully saturated rings. The van der Waals surface area contributed by atoms with Gasteiger partial charge in [0, 0.05) is 66.4 Å². The Bertz CT molecular complexity index is 6520. The maximum Gasteiger partial charge on any atom is 0.160 e. The molecule has 1 atom stereocenters. The summed E-state index contributed by atoms with van der Waals surface area (Å²) in [6, 6.07) is 125. The zero-order chi connectivity index (χ0) is 70.3. The molecular formula is C102H70N4. The van der Waals surface area contributed by atoms with Crippen LogP contribution in [-0.2, 0) is 17.3 Å². The van der Waals surface area contributed by atoms with E-state index in [1.165, 1.54) is 150 Å². The molecule has 0 saturated heterocycles. The van der Waals surface area contributed by atoms with E-state index in [0.717, 1.165) is 67.9 Å². The lowest BCUT2D eigenvalue weighted by molar-refractivity contribution is 0.660. The molecule has 0 bridgehead atoms. The number of fused-ring (bicyclic) bond motifs is 18. The van der Waals surface area contributed by atoms with Gasteiger partial charge < -0.3 is 9.13 Å². The van der Waals surface area contributed by atoms with Crippen LogP contribution in [0.2, 0.25) is 0 Å². The summed E-state index contributed by atoms with van der Waals surface area (Å²) in [4.78, 5) is 11.2. The van der Waals surface area contributed by atoms with Crippen LogP contribution < -0.4 is 0 Å². The van der Waals surface area contributed by atoms with Crippen LogP contribution in [0.25, 0.3) is 167 Å². The summed E-state index contributed by atoms with van der Waals surface area (Å²) < 4.78 is 4.84. The Labute approximate surface area is 616 Å². The largest absolute Gasteiger partial charge is 0.309 e. The highest BCUT2D eigenvalue weighted by molar-refractivity contribution is 6.12. The average molecular weight is 1350 g/mol. The zero-order valence-electron chi connectivity index (χ0n) is 59.3. The lowest BCUT2D eigenvalue weighted by atomic mass is 9.82. The van der Waals surface area contributed by atoms with Gasteiger partial charge in [-0.25, -0.2) is 9.97 Å². The Kier molecular flexibility index (Phi) is 13.0. The van der Waals surface area contributed by atoms with Gasteiger partial charge in [0.25, 0.3) is 0 Å². The van der Waals surface area contributed by atoms with Crippen molar-refractivity contribution in [2.45, 2.75) is 50.9 Å². The van der Waals surface area contributed by atoms with Crippen LogP contribution in [0.3, 0.4) is 0 Å². The van der Waals surface area contributed by atoms with Gasteiger partial charge in [-0.1, -0.05) is 270 Å². The molecule has 0 N–H and O–H groups in total. The van der Waals surface area contributed by atoms with Gasteiger partial charge in [0.1, 0.15) is 0 Å². The highest BCUT2D eigenvalue weighted by Gasteiger charge is 2.37. The summed E-state index contributed by atoms with van der Waals surface area (Å²) in [6.07, 6.45) is 0.989. The van der Waals surface area contributed by atoms with Crippen LogP contribution >= 0.6 is 0 Å². The quantitative estimate of drug-likeness (QED) is 0.144. The summed E-state index contributed by atoms with van der Waals surface area (Å²) >= 11 is 0. The first-order valence-corrected chi connectivity index (χ1v) is 37.2. The minimum atomic E-state index is -0.0546. The van der Waals surface area contributed by atoms with E-state index in [4.69, 9.17) is 9.97 Å². The predicted octanol–water partition coefficient (Wildman–Crippen LogP) is 26.0. The van der Waals surface area contributed by atoms with Crippen molar-refractivity contribution in [3.05, 3.63) is 384 Å². The minimum absolute atomic E-state index is 0.0536. The molecule has 0 aliphatic heterocycles. The maximum atomic E-state index is 5.64. The number of rotatable bonds is 9. The number of benzene rings is 15. The van der Waals surface area contributed by atoms with Gasteiger partial charge in [0.2, 0.25) is 0 Å². The number of para-hydroxylation sites is 2. The summed E-state index contributed by atoms with van der Waals surface area (Å²) in [5.41, 5.74) is 41.4. The van der Waals surface area contributed by atoms with E-state index in [2.05, 4.69) is 370 Å². The van der Waals surface area contributed by atoms with Crippen molar-refractivity contribution >= 4 is 43.6 Å². The van der Waals surface area contributed by atoms with Gasteiger partial charge in [0.05, 0.1) is 33.5 Å². The molecule has 3 heterocycles. The average Bonchev–Trinajstić information content (AvgIpc) is 1.59. The topological polar surface area (TPSA) is 35.6 Å². The van der Waals surface area contributed by atoms with E-state index >= 15 is 0 Å². The fourth-order valence-corrected chi connectivity index (χ4v) is 19.0. The van der Waals surface area contributed by atoms with Crippen molar-refractivity contribution in [3.63, 3.8) is 0 Å². The number of nitrogens with zero attached hydrogens (tertiary/aromatic N) is 4. The molecule has 22 rings (SSSR count). The van der Waals surface area contributed by atoms with Gasteiger partial charge in [0.15, 0.2) is 5.82 Å². The molecule has 18 aromatic rings. The van der Waals surface area contributed by atoms with Crippen molar-refractivity contribution in [2.75, 3.05) is 0 Å². The molecule has 1 unspecified atom stereocenters. The van der Waals surface area contributed by atoms with Crippen molar-refractivity contribution in [2.24, 2.45) is 0 Å². The summed E-state index contributed by atoms with van der Waals surface area (Å²) in [6.45, 7) is 9.40. The van der Waals surface area contributed by atoms with E-state index in [-0.39, 0.29) is 16.7 Å². The molecule has 4 heteroatoms. The molecule has 0 amide bonds. The normalized spacial score (nSPS) is 14.4. The number of aromatic nitrogens is 4. The van der Waals surface area contributed by atoms with Crippen LogP contribution in [0.4, 0.5) is 0 Å². The van der Waals surface area contributed by atoms with Gasteiger partial charge in [-0.15, -0.1) is 0 Å². The van der Waals surface area contributed by atoms with Crippen molar-refractivity contribution in [3.8, 4) is 123 Å². The SMILES string of the molecule is CC1(C)c2ccccc2-c2cc(-c3ccc4c(c3)c3ccccc3n4-c3cccc(-c4cc(-c5ccc(C6c7ccccc7-c7cc(-c8ccc9c(c8)-c8ccccc8C9)ccc76)cc5)nc(-c5cccc(-n6c7ccccc7c7cc(-c8ccc9c(c8)-c8ccccc8C9(C)C)ccc76)c5)n4)c3)ccc21. The van der Waals surface area contributed by atoms with Crippen LogP contribution in [0, 0.1) is 0 Å². The first kappa shape index (κ1) is 60.6. The van der Waals surface area contributed by atoms with Gasteiger partial charge in [-0.05, 0) is 225 Å². The van der Waals surface area contributed by atoms with E-state index in [9.17, 15) is 0 Å². The van der Waals surface area contributed by atoms with Crippen LogP contribution in [0.1, 0.15) is 83.7 Å². The van der Waals surface area contributed by atoms with E-state index in [0.29, 0.717) is 5.82 Å². The Morgan fingerprint density at radius 2 is 0.689 bits per heavy atom. The molecule has 498 valence electrons. The van der Waals surface area contributed by atoms with Gasteiger partial charge >= 0.3 is 0 Å². The zero-order valence-corrected chi connectivity index (χ0v) is 59.3. The molecule has 4 aliphatic carbocycles. The molecule has 106 heavy (non-hydrogen) atoms. The van der Waals surface area contributed by atoms with Crippen molar-refractivity contribution in [1.82, 2.24) is 19.1 Å². The predicted molar refractivity (Wildman–Crippen MR) is 440 cm³/mol. The molecule has 0 radical (unpaired) electrons. The molecule has 4 nitrogen and oxygen atoms in total. The van der Waals surface area contributed by atoms with E-state index in [1.54, 1.807) is 0 Å². The second-order valence-electron chi connectivity index (χ2n) is 30.7. The smallest absolute Gasteiger partial charge is 0.160 e. The van der Waals surface area contributed by atoms with Crippen LogP contribution in [0.15, 0.2) is 334 Å². The Balaban J connectivity index is 0.656. The highest BCUT2D eigenvalue weighted by Crippen LogP contribution is 2.54. The first-order chi connectivity index (χ1) is 52.0. The standard InChI is InChI=1S/C102H70N4/c1-101(2)89-31-13-9-26-77(89)85-56-65(42-47-91(85)101)67-44-49-97-87(58-67)79-28-11-15-33-95(79)105(97)73-22-17-20-71(52-73)94-60-93(61-35-37-62(38-36-61)99-81-30-8-7-25-76(81)84-55-64(41-46-82(84)99)63-39-40-70-51-69-19-5-6-24-75(69)83(70)54-63)103-100(104-94)72-21-18-23-74(53-72)106-96-34-16-12-29-80(96)88-59-68(45-50-98(88)106)66-43-48-92-86(57-66)78-27-10-14-32-90(78)102(92,3)4/h5-50,52-60,99H,51H2,1-4H3. The van der Waals surface area contributed by atoms with Gasteiger partial charge in [-0.3, -0.25) is 0 Å². The number of hydrogen-bond donors (Lipinski definition) is 0. The molecule has 0 saturated carbocycles. The van der Waals surface area contributed by atoms with Gasteiger partial charge in [-0.2, -0.15) is 0 Å². The Morgan fingerprint density at radius 3 is 1.31 bits per heavy atom. The second-order valence-corrected chi connectivity index (χ2v) is 30.7. The third-order valence-corrected chi connectivity index (χ3v) is 24.3. The van der Waals surface area contributed by atoms with E-state index < -0.39 is 0 Å². The fraction of sp³-hybridized carbons (Fsp3) is 0.0784. The molecular weight excluding hydrogens is 1280 g/mol. The minimum Gasteiger partial charge on any atom is -0.309 e. The second kappa shape index (κ2) is 22.7. The first-order valence-electron chi connectivity index (χ1n) is 37.2. The Morgan fingerprint density at radius 1 is 0.264 bits per heavy atom. The molecule has 15 aromatic carbocycles. The van der Waals surface area contributed by atoms with Crippen LogP contribution in [-0.4, -0.2) is 19.1 Å². The lowest BCUT2D eigenvalue weighted by Crippen LogP contribution is -2.14.